The number of carbonyl (C=O) groups excluding carboxylic acids is 1. The predicted octanol–water partition coefficient (Wildman–Crippen LogP) is 9.14. The molecule has 0 bridgehead atoms. The molecule has 3 aromatic carbocycles. The number of aliphatic hydroxyl groups is 2. The number of imidazole rings is 2. The van der Waals surface area contributed by atoms with E-state index in [-0.39, 0.29) is 22.0 Å². The van der Waals surface area contributed by atoms with E-state index < -0.39 is 26.1 Å². The second-order valence-corrected chi connectivity index (χ2v) is 19.9. The number of carbonyl (C=O) groups is 2. The summed E-state index contributed by atoms with van der Waals surface area (Å²) in [7, 11) is -0.446. The Labute approximate surface area is 350 Å². The molecule has 3 N–H and O–H groups in total. The summed E-state index contributed by atoms with van der Waals surface area (Å²) >= 11 is 2.72. The van der Waals surface area contributed by atoms with E-state index in [9.17, 15) is 14.7 Å². The number of benzene rings is 3. The maximum absolute atomic E-state index is 11.6. The van der Waals surface area contributed by atoms with Crippen LogP contribution in [0, 0.1) is 0 Å². The van der Waals surface area contributed by atoms with Gasteiger partial charge in [0.15, 0.2) is 10.3 Å². The van der Waals surface area contributed by atoms with Crippen molar-refractivity contribution in [3.05, 3.63) is 115 Å². The van der Waals surface area contributed by atoms with Crippen LogP contribution in [0.15, 0.2) is 114 Å². The molecule has 0 spiro atoms. The Balaban J connectivity index is 0.000000278. The van der Waals surface area contributed by atoms with E-state index in [0.29, 0.717) is 11.2 Å². The first kappa shape index (κ1) is 49.4. The fourth-order valence-corrected chi connectivity index (χ4v) is 8.63. The van der Waals surface area contributed by atoms with Crippen LogP contribution in [0.25, 0.3) is 0 Å². The third kappa shape index (κ3) is 16.2. The molecular formula is C45H63N4O5PS2. The van der Waals surface area contributed by atoms with E-state index in [1.807, 2.05) is 24.6 Å². The Morgan fingerprint density at radius 1 is 0.596 bits per heavy atom. The monoisotopic (exact) mass is 834 g/mol. The molecule has 0 aliphatic rings. The summed E-state index contributed by atoms with van der Waals surface area (Å²) in [4.78, 5) is 30.2. The third-order valence-corrected chi connectivity index (χ3v) is 12.3. The van der Waals surface area contributed by atoms with Gasteiger partial charge in [-0.2, -0.15) is 0 Å². The Morgan fingerprint density at radius 2 is 0.912 bits per heavy atom. The van der Waals surface area contributed by atoms with Crippen molar-refractivity contribution in [1.82, 2.24) is 19.1 Å². The summed E-state index contributed by atoms with van der Waals surface area (Å²) in [5.74, 6) is -1.19. The lowest BCUT2D eigenvalue weighted by Crippen LogP contribution is -2.20. The number of rotatable bonds is 9. The van der Waals surface area contributed by atoms with Gasteiger partial charge < -0.3 is 24.5 Å². The average Bonchev–Trinajstić information content (AvgIpc) is 3.80. The van der Waals surface area contributed by atoms with Crippen molar-refractivity contribution in [1.29, 1.82) is 0 Å². The highest BCUT2D eigenvalue weighted by Gasteiger charge is 2.24. The van der Waals surface area contributed by atoms with Gasteiger partial charge in [-0.25, -0.2) is 14.8 Å². The van der Waals surface area contributed by atoms with Crippen molar-refractivity contribution >= 4 is 58.4 Å². The third-order valence-electron chi connectivity index (χ3n) is 8.16. The number of hydrogen-bond donors (Lipinski definition) is 3. The standard InChI is InChI=1S/C18H15P.C13H22N2O2S.C11H20N2S.C3H6O3/c1-4-10-16(11-5-1)19(17-12-6-2-7-13-17)18-14-8-3-9-15-18;1-8(2)15-7-10(13(4,5)6)14-12(15)18-11(17)9(3)16;1-8(2)13-7-9(11(3,4)5)12-10(13)14-6;1-2(4)3(5)6/h1-15H;7-9,16H,1-6H3;7-8H,1-6H3;2,4H,1H3,(H,5,6)/t;9-;;2-/m.0.0/s1. The molecule has 0 fully saturated rings. The van der Waals surface area contributed by atoms with Crippen molar-refractivity contribution in [3.63, 3.8) is 0 Å². The maximum Gasteiger partial charge on any atom is 0.332 e. The lowest BCUT2D eigenvalue weighted by molar-refractivity contribution is -0.145. The van der Waals surface area contributed by atoms with Crippen LogP contribution < -0.4 is 15.9 Å². The van der Waals surface area contributed by atoms with E-state index in [2.05, 4.69) is 173 Å². The molecule has 2 heterocycles. The summed E-state index contributed by atoms with van der Waals surface area (Å²) in [6.45, 7) is 24.0. The van der Waals surface area contributed by atoms with Gasteiger partial charge in [0.25, 0.3) is 0 Å². The summed E-state index contributed by atoms with van der Waals surface area (Å²) < 4.78 is 4.22. The number of nitrogens with zero attached hydrogens (tertiary/aromatic N) is 4. The van der Waals surface area contributed by atoms with Crippen LogP contribution in [0.3, 0.4) is 0 Å². The van der Waals surface area contributed by atoms with Gasteiger partial charge in [-0.3, -0.25) is 4.79 Å². The lowest BCUT2D eigenvalue weighted by atomic mass is 9.93. The van der Waals surface area contributed by atoms with Crippen LogP contribution in [0.1, 0.15) is 107 Å². The smallest absolute Gasteiger partial charge is 0.332 e. The quantitative estimate of drug-likeness (QED) is 0.0984. The Bertz CT molecular complexity index is 1840. The zero-order valence-electron chi connectivity index (χ0n) is 35.8. The topological polar surface area (TPSA) is 130 Å². The van der Waals surface area contributed by atoms with Crippen molar-refractivity contribution in [3.8, 4) is 0 Å². The largest absolute Gasteiger partial charge is 0.479 e. The minimum atomic E-state index is -1.23. The highest BCUT2D eigenvalue weighted by atomic mass is 32.2. The summed E-state index contributed by atoms with van der Waals surface area (Å²) in [6.07, 6.45) is 4.04. The fourth-order valence-electron chi connectivity index (χ4n) is 4.80. The van der Waals surface area contributed by atoms with E-state index in [1.165, 1.54) is 35.5 Å². The predicted molar refractivity (Wildman–Crippen MR) is 241 cm³/mol. The van der Waals surface area contributed by atoms with Crippen LogP contribution in [0.5, 0.6) is 0 Å². The van der Waals surface area contributed by atoms with Crippen LogP contribution in [0.4, 0.5) is 0 Å². The number of hydrogen-bond acceptors (Lipinski definition) is 8. The van der Waals surface area contributed by atoms with Crippen molar-refractivity contribution in [2.24, 2.45) is 0 Å². The average molecular weight is 835 g/mol. The molecule has 5 aromatic rings. The summed E-state index contributed by atoms with van der Waals surface area (Å²) in [6, 6.07) is 33.0. The molecule has 0 unspecified atom stereocenters. The second-order valence-electron chi connectivity index (χ2n) is 16.0. The Kier molecular flexibility index (Phi) is 20.0. The van der Waals surface area contributed by atoms with E-state index in [4.69, 9.17) is 10.2 Å². The molecule has 2 aromatic heterocycles. The van der Waals surface area contributed by atoms with Gasteiger partial charge in [-0.15, -0.1) is 0 Å². The first-order valence-corrected chi connectivity index (χ1v) is 22.4. The normalized spacial score (nSPS) is 12.5. The molecule has 2 atom stereocenters. The molecule has 5 rings (SSSR count). The zero-order valence-corrected chi connectivity index (χ0v) is 38.4. The van der Waals surface area contributed by atoms with Gasteiger partial charge in [0.2, 0.25) is 5.12 Å². The molecule has 0 saturated heterocycles. The van der Waals surface area contributed by atoms with E-state index in [1.54, 1.807) is 11.8 Å². The molecular weight excluding hydrogens is 772 g/mol. The number of carboxylic acids is 1. The van der Waals surface area contributed by atoms with Crippen LogP contribution in [-0.4, -0.2) is 64.0 Å². The fraction of sp³-hybridized carbons (Fsp3) is 0.422. The molecule has 0 aliphatic heterocycles. The van der Waals surface area contributed by atoms with Crippen molar-refractivity contribution < 1.29 is 24.9 Å². The molecule has 0 aliphatic carbocycles. The summed E-state index contributed by atoms with van der Waals surface area (Å²) in [5.41, 5.74) is 2.22. The highest BCUT2D eigenvalue weighted by molar-refractivity contribution is 8.13. The molecule has 12 heteroatoms. The Morgan fingerprint density at radius 3 is 1.16 bits per heavy atom. The van der Waals surface area contributed by atoms with Gasteiger partial charge in [0.05, 0.1) is 11.4 Å². The van der Waals surface area contributed by atoms with Crippen LogP contribution in [-0.2, 0) is 20.4 Å². The molecule has 0 saturated carbocycles. The minimum absolute atomic E-state index is 0.0523. The van der Waals surface area contributed by atoms with Gasteiger partial charge >= 0.3 is 5.97 Å². The van der Waals surface area contributed by atoms with Crippen LogP contribution >= 0.6 is 31.4 Å². The number of carboxylic acid groups (broad SMARTS) is 1. The highest BCUT2D eigenvalue weighted by Crippen LogP contribution is 2.32. The molecule has 0 radical (unpaired) electrons. The first-order chi connectivity index (χ1) is 26.6. The van der Waals surface area contributed by atoms with Gasteiger partial charge in [-0.1, -0.05) is 144 Å². The van der Waals surface area contributed by atoms with E-state index >= 15 is 0 Å². The van der Waals surface area contributed by atoms with Gasteiger partial charge in [-0.05, 0) is 83.4 Å². The maximum atomic E-state index is 11.6. The van der Waals surface area contributed by atoms with Crippen LogP contribution in [0.2, 0.25) is 0 Å². The molecule has 0 amide bonds. The van der Waals surface area contributed by atoms with Gasteiger partial charge in [0.1, 0.15) is 12.2 Å². The second kappa shape index (κ2) is 23.0. The molecule has 9 nitrogen and oxygen atoms in total. The van der Waals surface area contributed by atoms with Gasteiger partial charge in [0, 0.05) is 35.3 Å². The minimum Gasteiger partial charge on any atom is -0.479 e. The number of aliphatic hydroxyl groups excluding tert-OH is 2. The number of aromatic nitrogens is 4. The van der Waals surface area contributed by atoms with E-state index in [0.717, 1.165) is 22.6 Å². The van der Waals surface area contributed by atoms with Crippen molar-refractivity contribution in [2.45, 2.75) is 129 Å². The first-order valence-electron chi connectivity index (χ1n) is 19.1. The lowest BCUT2D eigenvalue weighted by Gasteiger charge is -2.18. The SMILES string of the molecule is CC(C)n1cc(C(C)(C)C)nc1SC(=O)[C@H](C)O.CSc1nc(C(C)(C)C)cn1C(C)C.C[C@H](O)C(=O)O.c1ccc(P(c2ccccc2)c2ccccc2)cc1. The number of aliphatic carboxylic acids is 1. The Hall–Kier alpha value is -3.73. The number of thioether (sulfide) groups is 2. The zero-order chi connectivity index (χ0) is 43.1. The van der Waals surface area contributed by atoms with Crippen molar-refractivity contribution in [2.75, 3.05) is 6.26 Å². The summed E-state index contributed by atoms with van der Waals surface area (Å²) in [5, 5.41) is 30.7. The molecule has 57 heavy (non-hydrogen) atoms. The molecule has 310 valence electrons.